The van der Waals surface area contributed by atoms with Crippen molar-refractivity contribution in [3.63, 3.8) is 0 Å². The fourth-order valence-corrected chi connectivity index (χ4v) is 3.73. The molecule has 1 N–H and O–H groups in total. The van der Waals surface area contributed by atoms with Crippen LogP contribution >= 0.6 is 27.5 Å². The highest BCUT2D eigenvalue weighted by Gasteiger charge is 2.20. The van der Waals surface area contributed by atoms with Crippen LogP contribution in [0.5, 0.6) is 5.75 Å². The van der Waals surface area contributed by atoms with Gasteiger partial charge in [-0.1, -0.05) is 41.9 Å². The Balaban J connectivity index is 1.61. The van der Waals surface area contributed by atoms with Crippen molar-refractivity contribution in [2.45, 2.75) is 6.04 Å². The molecule has 0 radical (unpaired) electrons. The first-order valence-electron chi connectivity index (χ1n) is 8.84. The number of carbonyl (C=O) groups excluding carboxylic acids is 1. The molecule has 1 heterocycles. The van der Waals surface area contributed by atoms with Crippen LogP contribution in [0.25, 0.3) is 0 Å². The van der Waals surface area contributed by atoms with E-state index in [0.717, 1.165) is 42.9 Å². The van der Waals surface area contributed by atoms with E-state index in [1.165, 1.54) is 0 Å². The third kappa shape index (κ3) is 6.21. The summed E-state index contributed by atoms with van der Waals surface area (Å²) in [6.45, 7) is 3.86. The zero-order valence-electron chi connectivity index (χ0n) is 14.9. The minimum Gasteiger partial charge on any atom is -0.483 e. The molecule has 1 aliphatic rings. The van der Waals surface area contributed by atoms with E-state index in [2.05, 4.69) is 26.1 Å². The summed E-state index contributed by atoms with van der Waals surface area (Å²) < 4.78 is 11.8. The molecule has 7 heteroatoms. The van der Waals surface area contributed by atoms with Gasteiger partial charge in [0.1, 0.15) is 5.75 Å². The molecule has 144 valence electrons. The number of morpholine rings is 1. The van der Waals surface area contributed by atoms with Crippen molar-refractivity contribution >= 4 is 33.4 Å². The maximum Gasteiger partial charge on any atom is 0.258 e. The number of rotatable bonds is 7. The van der Waals surface area contributed by atoms with Gasteiger partial charge in [-0.3, -0.25) is 9.69 Å². The van der Waals surface area contributed by atoms with Gasteiger partial charge in [0, 0.05) is 24.7 Å². The minimum atomic E-state index is -0.168. The van der Waals surface area contributed by atoms with Gasteiger partial charge in [-0.05, 0) is 39.7 Å². The molecule has 1 fully saturated rings. The van der Waals surface area contributed by atoms with Crippen molar-refractivity contribution in [3.8, 4) is 5.75 Å². The molecule has 3 rings (SSSR count). The van der Waals surface area contributed by atoms with Crippen molar-refractivity contribution in [1.82, 2.24) is 10.2 Å². The predicted molar refractivity (Wildman–Crippen MR) is 109 cm³/mol. The Morgan fingerprint density at radius 2 is 1.96 bits per heavy atom. The third-order valence-corrected chi connectivity index (χ3v) is 5.19. The number of amides is 1. The third-order valence-electron chi connectivity index (χ3n) is 4.33. The maximum atomic E-state index is 12.5. The van der Waals surface area contributed by atoms with Gasteiger partial charge < -0.3 is 14.8 Å². The van der Waals surface area contributed by atoms with E-state index in [1.807, 2.05) is 30.3 Å². The lowest BCUT2D eigenvalue weighted by Crippen LogP contribution is -2.44. The first-order chi connectivity index (χ1) is 13.1. The summed E-state index contributed by atoms with van der Waals surface area (Å²) in [6, 6.07) is 15.1. The molecule has 5 nitrogen and oxygen atoms in total. The lowest BCUT2D eigenvalue weighted by Gasteiger charge is -2.31. The predicted octanol–water partition coefficient (Wildman–Crippen LogP) is 3.67. The van der Waals surface area contributed by atoms with Crippen molar-refractivity contribution in [2.75, 3.05) is 39.5 Å². The summed E-state index contributed by atoms with van der Waals surface area (Å²) >= 11 is 9.32. The van der Waals surface area contributed by atoms with Crippen LogP contribution in [0.15, 0.2) is 53.0 Å². The Labute approximate surface area is 172 Å². The van der Waals surface area contributed by atoms with Gasteiger partial charge in [0.2, 0.25) is 0 Å². The molecule has 1 amide bonds. The van der Waals surface area contributed by atoms with Crippen LogP contribution in [-0.4, -0.2) is 50.3 Å². The van der Waals surface area contributed by atoms with Gasteiger partial charge in [-0.2, -0.15) is 0 Å². The van der Waals surface area contributed by atoms with E-state index in [-0.39, 0.29) is 18.6 Å². The van der Waals surface area contributed by atoms with Crippen LogP contribution < -0.4 is 10.1 Å². The van der Waals surface area contributed by atoms with Crippen molar-refractivity contribution in [1.29, 1.82) is 0 Å². The highest BCUT2D eigenvalue weighted by Crippen LogP contribution is 2.27. The summed E-state index contributed by atoms with van der Waals surface area (Å²) in [7, 11) is 0. The van der Waals surface area contributed by atoms with Crippen LogP contribution in [0, 0.1) is 0 Å². The zero-order chi connectivity index (χ0) is 19.1. The minimum absolute atomic E-state index is 0.0628. The van der Waals surface area contributed by atoms with E-state index in [1.54, 1.807) is 18.2 Å². The SMILES string of the molecule is O=C(COc1ccc(Cl)cc1Br)N[C@H](CN1CCOCC1)c1ccccc1. The van der Waals surface area contributed by atoms with Crippen LogP contribution in [0.4, 0.5) is 0 Å². The van der Waals surface area contributed by atoms with Crippen LogP contribution in [0.1, 0.15) is 11.6 Å². The summed E-state index contributed by atoms with van der Waals surface area (Å²) in [5.41, 5.74) is 1.07. The summed E-state index contributed by atoms with van der Waals surface area (Å²) in [4.78, 5) is 14.8. The number of nitrogens with zero attached hydrogens (tertiary/aromatic N) is 1. The van der Waals surface area contributed by atoms with Gasteiger partial charge >= 0.3 is 0 Å². The van der Waals surface area contributed by atoms with E-state index < -0.39 is 0 Å². The number of hydrogen-bond acceptors (Lipinski definition) is 4. The molecule has 27 heavy (non-hydrogen) atoms. The quantitative estimate of drug-likeness (QED) is 0.695. The Morgan fingerprint density at radius 1 is 1.22 bits per heavy atom. The summed E-state index contributed by atoms with van der Waals surface area (Å²) in [5.74, 6) is 0.415. The molecule has 0 aliphatic carbocycles. The van der Waals surface area contributed by atoms with Crippen molar-refractivity contribution in [2.24, 2.45) is 0 Å². The molecular weight excluding hydrogens is 432 g/mol. The first kappa shape index (κ1) is 20.1. The Hall–Kier alpha value is -1.60. The molecule has 2 aromatic carbocycles. The Bertz CT molecular complexity index is 754. The average Bonchev–Trinajstić information content (AvgIpc) is 2.68. The monoisotopic (exact) mass is 452 g/mol. The van der Waals surface area contributed by atoms with Crippen molar-refractivity contribution in [3.05, 3.63) is 63.6 Å². The number of nitrogens with one attached hydrogen (secondary N) is 1. The van der Waals surface area contributed by atoms with Gasteiger partial charge in [0.05, 0.1) is 23.7 Å². The summed E-state index contributed by atoms with van der Waals surface area (Å²) in [6.07, 6.45) is 0. The first-order valence-corrected chi connectivity index (χ1v) is 10.0. The number of halogens is 2. The Morgan fingerprint density at radius 3 is 2.67 bits per heavy atom. The Kier molecular flexibility index (Phi) is 7.52. The fraction of sp³-hybridized carbons (Fsp3) is 0.350. The maximum absolute atomic E-state index is 12.5. The highest BCUT2D eigenvalue weighted by molar-refractivity contribution is 9.10. The smallest absolute Gasteiger partial charge is 0.258 e. The second-order valence-electron chi connectivity index (χ2n) is 6.31. The van der Waals surface area contributed by atoms with E-state index >= 15 is 0 Å². The second-order valence-corrected chi connectivity index (χ2v) is 7.60. The molecule has 0 bridgehead atoms. The molecule has 0 saturated carbocycles. The molecule has 1 atom stereocenters. The molecule has 0 aromatic heterocycles. The summed E-state index contributed by atoms with van der Waals surface area (Å²) in [5, 5.41) is 3.70. The fourth-order valence-electron chi connectivity index (χ4n) is 2.93. The zero-order valence-corrected chi connectivity index (χ0v) is 17.2. The van der Waals surface area contributed by atoms with Crippen LogP contribution in [0.2, 0.25) is 5.02 Å². The second kappa shape index (κ2) is 10.1. The van der Waals surface area contributed by atoms with Gasteiger partial charge in [0.25, 0.3) is 5.91 Å². The standard InChI is InChI=1S/C20H22BrClN2O3/c21-17-12-16(22)6-7-19(17)27-14-20(25)23-18(15-4-2-1-3-5-15)13-24-8-10-26-11-9-24/h1-7,12,18H,8-11,13-14H2,(H,23,25)/t18-/m1/s1. The van der Waals surface area contributed by atoms with Gasteiger partial charge in [-0.15, -0.1) is 0 Å². The molecule has 0 spiro atoms. The number of ether oxygens (including phenoxy) is 2. The number of carbonyl (C=O) groups is 1. The topological polar surface area (TPSA) is 50.8 Å². The largest absolute Gasteiger partial charge is 0.483 e. The van der Waals surface area contributed by atoms with E-state index in [4.69, 9.17) is 21.1 Å². The molecule has 1 aliphatic heterocycles. The average molecular weight is 454 g/mol. The highest BCUT2D eigenvalue weighted by atomic mass is 79.9. The van der Waals surface area contributed by atoms with Crippen LogP contribution in [0.3, 0.4) is 0 Å². The molecule has 1 saturated heterocycles. The number of benzene rings is 2. The molecular formula is C20H22BrClN2O3. The lowest BCUT2D eigenvalue weighted by molar-refractivity contribution is -0.124. The van der Waals surface area contributed by atoms with E-state index in [0.29, 0.717) is 10.8 Å². The van der Waals surface area contributed by atoms with Crippen LogP contribution in [-0.2, 0) is 9.53 Å². The van der Waals surface area contributed by atoms with E-state index in [9.17, 15) is 4.79 Å². The van der Waals surface area contributed by atoms with Crippen molar-refractivity contribution < 1.29 is 14.3 Å². The number of hydrogen-bond donors (Lipinski definition) is 1. The van der Waals surface area contributed by atoms with Gasteiger partial charge in [0.15, 0.2) is 6.61 Å². The lowest BCUT2D eigenvalue weighted by atomic mass is 10.1. The molecule has 0 unspecified atom stereocenters. The molecule has 2 aromatic rings. The normalized spacial score (nSPS) is 15.9. The van der Waals surface area contributed by atoms with Gasteiger partial charge in [-0.25, -0.2) is 0 Å².